The number of thiazole rings is 1. The molecule has 96 valence electrons. The topological polar surface area (TPSA) is 24.9 Å². The number of nitrogens with zero attached hydrogens (tertiary/aromatic N) is 1. The number of hydrogen-bond donors (Lipinski definition) is 1. The summed E-state index contributed by atoms with van der Waals surface area (Å²) in [5, 5.41) is 6.68. The number of aromatic nitrogens is 1. The van der Waals surface area contributed by atoms with Crippen LogP contribution in [0.15, 0.2) is 23.6 Å². The predicted molar refractivity (Wildman–Crippen MR) is 78.3 cm³/mol. The van der Waals surface area contributed by atoms with Crippen LogP contribution in [0.1, 0.15) is 33.4 Å². The molecule has 0 amide bonds. The normalized spacial score (nSPS) is 12.7. The number of hydrogen-bond acceptors (Lipinski definition) is 3. The fourth-order valence-corrected chi connectivity index (χ4v) is 2.70. The summed E-state index contributed by atoms with van der Waals surface area (Å²) in [5.74, 6) is 0. The summed E-state index contributed by atoms with van der Waals surface area (Å²) < 4.78 is 0. The van der Waals surface area contributed by atoms with Crippen LogP contribution < -0.4 is 5.32 Å². The molecule has 18 heavy (non-hydrogen) atoms. The predicted octanol–water partition coefficient (Wildman–Crippen LogP) is 3.57. The van der Waals surface area contributed by atoms with Crippen LogP contribution in [-0.2, 0) is 6.42 Å². The van der Waals surface area contributed by atoms with Crippen LogP contribution in [0.2, 0.25) is 0 Å². The first-order valence-corrected chi connectivity index (χ1v) is 7.13. The monoisotopic (exact) mass is 260 g/mol. The third-order valence-electron chi connectivity index (χ3n) is 3.36. The summed E-state index contributed by atoms with van der Waals surface area (Å²) in [5.41, 5.74) is 5.21. The minimum atomic E-state index is 0.339. The van der Waals surface area contributed by atoms with Gasteiger partial charge in [-0.15, -0.1) is 11.3 Å². The van der Waals surface area contributed by atoms with E-state index < -0.39 is 0 Å². The van der Waals surface area contributed by atoms with E-state index in [2.05, 4.69) is 54.7 Å². The maximum absolute atomic E-state index is 4.54. The van der Waals surface area contributed by atoms with Gasteiger partial charge in [-0.1, -0.05) is 18.2 Å². The lowest BCUT2D eigenvalue weighted by molar-refractivity contribution is 0.585. The Balaban J connectivity index is 2.19. The lowest BCUT2D eigenvalue weighted by Gasteiger charge is -2.16. The second-order valence-electron chi connectivity index (χ2n) is 4.75. The number of nitrogens with one attached hydrogen (secondary N) is 1. The van der Waals surface area contributed by atoms with E-state index >= 15 is 0 Å². The third-order valence-corrected chi connectivity index (χ3v) is 4.18. The van der Waals surface area contributed by atoms with Crippen molar-refractivity contribution in [3.63, 3.8) is 0 Å². The lowest BCUT2D eigenvalue weighted by atomic mass is 9.98. The molecular weight excluding hydrogens is 240 g/mol. The van der Waals surface area contributed by atoms with E-state index in [4.69, 9.17) is 0 Å². The van der Waals surface area contributed by atoms with Crippen LogP contribution in [0.4, 0.5) is 0 Å². The Hall–Kier alpha value is -1.19. The number of likely N-dealkylation sites (N-methyl/N-ethyl adjacent to an activating group) is 1. The SMILES string of the molecule is CNC(Cc1csc(C)n1)c1ccc(C)c(C)c1. The van der Waals surface area contributed by atoms with Crippen molar-refractivity contribution in [1.29, 1.82) is 0 Å². The first-order valence-electron chi connectivity index (χ1n) is 6.25. The van der Waals surface area contributed by atoms with Crippen molar-refractivity contribution < 1.29 is 0 Å². The van der Waals surface area contributed by atoms with Crippen LogP contribution in [0.5, 0.6) is 0 Å². The molecule has 1 aromatic heterocycles. The third kappa shape index (κ3) is 2.98. The van der Waals surface area contributed by atoms with E-state index in [0.29, 0.717) is 6.04 Å². The molecule has 0 aliphatic carbocycles. The first kappa shape index (κ1) is 13.2. The molecule has 1 N–H and O–H groups in total. The van der Waals surface area contributed by atoms with Gasteiger partial charge in [0.25, 0.3) is 0 Å². The van der Waals surface area contributed by atoms with Gasteiger partial charge in [0.1, 0.15) is 0 Å². The van der Waals surface area contributed by atoms with E-state index in [0.717, 1.165) is 11.4 Å². The summed E-state index contributed by atoms with van der Waals surface area (Å²) in [7, 11) is 2.01. The van der Waals surface area contributed by atoms with Gasteiger partial charge in [-0.3, -0.25) is 0 Å². The summed E-state index contributed by atoms with van der Waals surface area (Å²) in [6.07, 6.45) is 0.948. The highest BCUT2D eigenvalue weighted by Gasteiger charge is 2.12. The second-order valence-corrected chi connectivity index (χ2v) is 5.81. The summed E-state index contributed by atoms with van der Waals surface area (Å²) in [4.78, 5) is 4.54. The fourth-order valence-electron chi connectivity index (χ4n) is 2.08. The Morgan fingerprint density at radius 3 is 2.56 bits per heavy atom. The quantitative estimate of drug-likeness (QED) is 0.909. The Kier molecular flexibility index (Phi) is 4.15. The Bertz CT molecular complexity index is 531. The highest BCUT2D eigenvalue weighted by atomic mass is 32.1. The molecule has 3 heteroatoms. The Morgan fingerprint density at radius 1 is 1.22 bits per heavy atom. The second kappa shape index (κ2) is 5.63. The highest BCUT2D eigenvalue weighted by molar-refractivity contribution is 7.09. The molecule has 1 unspecified atom stereocenters. The molecule has 0 bridgehead atoms. The molecule has 2 nitrogen and oxygen atoms in total. The van der Waals surface area contributed by atoms with Gasteiger partial charge in [-0.25, -0.2) is 4.98 Å². The smallest absolute Gasteiger partial charge is 0.0897 e. The minimum absolute atomic E-state index is 0.339. The summed E-state index contributed by atoms with van der Waals surface area (Å²) in [6, 6.07) is 7.02. The fraction of sp³-hybridized carbons (Fsp3) is 0.400. The van der Waals surface area contributed by atoms with Gasteiger partial charge in [0.15, 0.2) is 0 Å². The number of rotatable bonds is 4. The molecule has 1 atom stereocenters. The highest BCUT2D eigenvalue weighted by Crippen LogP contribution is 2.21. The zero-order valence-electron chi connectivity index (χ0n) is 11.4. The van der Waals surface area contributed by atoms with Crippen LogP contribution in [0, 0.1) is 20.8 Å². The van der Waals surface area contributed by atoms with Gasteiger partial charge in [-0.2, -0.15) is 0 Å². The van der Waals surface area contributed by atoms with E-state index in [1.807, 2.05) is 7.05 Å². The van der Waals surface area contributed by atoms with Gasteiger partial charge < -0.3 is 5.32 Å². The van der Waals surface area contributed by atoms with Crippen molar-refractivity contribution in [2.75, 3.05) is 7.05 Å². The molecule has 0 aliphatic heterocycles. The lowest BCUT2D eigenvalue weighted by Crippen LogP contribution is -2.19. The van der Waals surface area contributed by atoms with Crippen LogP contribution in [-0.4, -0.2) is 12.0 Å². The minimum Gasteiger partial charge on any atom is -0.313 e. The van der Waals surface area contributed by atoms with Gasteiger partial charge >= 0.3 is 0 Å². The molecule has 2 rings (SSSR count). The van der Waals surface area contributed by atoms with E-state index in [1.165, 1.54) is 22.4 Å². The molecule has 0 aliphatic rings. The number of benzene rings is 1. The average Bonchev–Trinajstić information content (AvgIpc) is 2.75. The van der Waals surface area contributed by atoms with Crippen LogP contribution in [0.3, 0.4) is 0 Å². The standard InChI is InChI=1S/C15H20N2S/c1-10-5-6-13(7-11(10)2)15(16-4)8-14-9-18-12(3)17-14/h5-7,9,15-16H,8H2,1-4H3. The van der Waals surface area contributed by atoms with Gasteiger partial charge in [0.05, 0.1) is 10.7 Å². The number of aryl methyl sites for hydroxylation is 3. The Morgan fingerprint density at radius 2 is 2.00 bits per heavy atom. The summed E-state index contributed by atoms with van der Waals surface area (Å²) in [6.45, 7) is 6.37. The molecule has 0 spiro atoms. The molecule has 1 aromatic carbocycles. The van der Waals surface area contributed by atoms with E-state index in [-0.39, 0.29) is 0 Å². The van der Waals surface area contributed by atoms with Crippen molar-refractivity contribution in [2.45, 2.75) is 33.2 Å². The van der Waals surface area contributed by atoms with Gasteiger partial charge in [0, 0.05) is 17.8 Å². The van der Waals surface area contributed by atoms with Crippen molar-refractivity contribution in [3.05, 3.63) is 51.0 Å². The maximum atomic E-state index is 4.54. The molecule has 0 fully saturated rings. The van der Waals surface area contributed by atoms with Gasteiger partial charge in [-0.05, 0) is 44.5 Å². The molecular formula is C15H20N2S. The zero-order chi connectivity index (χ0) is 13.1. The summed E-state index contributed by atoms with van der Waals surface area (Å²) >= 11 is 1.72. The van der Waals surface area contributed by atoms with Crippen LogP contribution in [0.25, 0.3) is 0 Å². The van der Waals surface area contributed by atoms with Crippen molar-refractivity contribution in [1.82, 2.24) is 10.3 Å². The van der Waals surface area contributed by atoms with Crippen molar-refractivity contribution in [3.8, 4) is 0 Å². The molecule has 0 saturated carbocycles. The molecule has 0 saturated heterocycles. The van der Waals surface area contributed by atoms with Crippen LogP contribution >= 0.6 is 11.3 Å². The van der Waals surface area contributed by atoms with E-state index in [9.17, 15) is 0 Å². The Labute approximate surface area is 113 Å². The molecule has 0 radical (unpaired) electrons. The largest absolute Gasteiger partial charge is 0.313 e. The van der Waals surface area contributed by atoms with Crippen molar-refractivity contribution in [2.24, 2.45) is 0 Å². The van der Waals surface area contributed by atoms with Crippen molar-refractivity contribution >= 4 is 11.3 Å². The molecule has 1 heterocycles. The maximum Gasteiger partial charge on any atom is 0.0897 e. The average molecular weight is 260 g/mol. The molecule has 2 aromatic rings. The first-order chi connectivity index (χ1) is 8.60. The van der Waals surface area contributed by atoms with Gasteiger partial charge in [0.2, 0.25) is 0 Å². The van der Waals surface area contributed by atoms with E-state index in [1.54, 1.807) is 11.3 Å². The zero-order valence-corrected chi connectivity index (χ0v) is 12.3.